The van der Waals surface area contributed by atoms with Crippen LogP contribution in [0.2, 0.25) is 0 Å². The molecule has 2 heterocycles. The first-order valence-corrected chi connectivity index (χ1v) is 13.6. The molecule has 3 unspecified atom stereocenters. The van der Waals surface area contributed by atoms with Crippen LogP contribution in [0.1, 0.15) is 78.1 Å². The highest BCUT2D eigenvalue weighted by Crippen LogP contribution is 2.51. The van der Waals surface area contributed by atoms with Gasteiger partial charge in [-0.05, 0) is 82.5 Å². The molecule has 0 aromatic rings. The van der Waals surface area contributed by atoms with Gasteiger partial charge in [0.25, 0.3) is 0 Å². The molecule has 0 spiro atoms. The average molecular weight is 473 g/mol. The molecule has 8 atom stereocenters. The summed E-state index contributed by atoms with van der Waals surface area (Å²) >= 11 is 0. The molecule has 34 heavy (non-hydrogen) atoms. The van der Waals surface area contributed by atoms with Gasteiger partial charge in [0, 0.05) is 25.6 Å². The molecule has 0 radical (unpaired) electrons. The molecule has 0 bridgehead atoms. The van der Waals surface area contributed by atoms with E-state index in [1.54, 1.807) is 0 Å². The smallest absolute Gasteiger partial charge is 0.158 e. The monoisotopic (exact) mass is 472 g/mol. The summed E-state index contributed by atoms with van der Waals surface area (Å²) in [5, 5.41) is 9.42. The van der Waals surface area contributed by atoms with Crippen LogP contribution in [-0.2, 0) is 18.9 Å². The highest BCUT2D eigenvalue weighted by atomic mass is 16.7. The summed E-state index contributed by atoms with van der Waals surface area (Å²) in [5.41, 5.74) is 1.40. The lowest BCUT2D eigenvalue weighted by Crippen LogP contribution is -2.32. The largest absolute Gasteiger partial charge is 0.392 e. The quantitative estimate of drug-likeness (QED) is 0.361. The molecule has 2 aliphatic heterocycles. The van der Waals surface area contributed by atoms with Crippen LogP contribution < -0.4 is 0 Å². The van der Waals surface area contributed by atoms with Gasteiger partial charge >= 0.3 is 0 Å². The van der Waals surface area contributed by atoms with Crippen LogP contribution in [-0.4, -0.2) is 49.7 Å². The zero-order valence-corrected chi connectivity index (χ0v) is 21.1. The summed E-state index contributed by atoms with van der Waals surface area (Å²) in [6.45, 7) is 5.85. The minimum Gasteiger partial charge on any atom is -0.392 e. The van der Waals surface area contributed by atoms with Gasteiger partial charge in [-0.2, -0.15) is 0 Å². The molecule has 2 saturated heterocycles. The minimum absolute atomic E-state index is 0.0246. The summed E-state index contributed by atoms with van der Waals surface area (Å²) in [6.07, 6.45) is 17.2. The second kappa shape index (κ2) is 13.2. The normalized spacial score (nSPS) is 36.9. The number of allylic oxidation sites excluding steroid dienone is 1. The van der Waals surface area contributed by atoms with Crippen molar-refractivity contribution in [3.63, 3.8) is 0 Å². The van der Waals surface area contributed by atoms with E-state index < -0.39 is 0 Å². The van der Waals surface area contributed by atoms with E-state index in [2.05, 4.69) is 30.9 Å². The number of hydrogen-bond acceptors (Lipinski definition) is 5. The van der Waals surface area contributed by atoms with Crippen LogP contribution in [0, 0.1) is 35.5 Å². The van der Waals surface area contributed by atoms with Crippen LogP contribution in [0.25, 0.3) is 0 Å². The van der Waals surface area contributed by atoms with Crippen molar-refractivity contribution in [3.8, 4) is 11.8 Å². The third kappa shape index (κ3) is 6.95. The fourth-order valence-corrected chi connectivity index (χ4v) is 6.18. The van der Waals surface area contributed by atoms with Crippen molar-refractivity contribution in [2.45, 2.75) is 103 Å². The molecule has 0 aromatic heterocycles. The molecule has 190 valence electrons. The van der Waals surface area contributed by atoms with Gasteiger partial charge in [0.1, 0.15) is 0 Å². The summed E-state index contributed by atoms with van der Waals surface area (Å²) in [5.74, 6) is 8.07. The van der Waals surface area contributed by atoms with Crippen molar-refractivity contribution in [2.75, 3.05) is 19.8 Å². The minimum atomic E-state index is -0.120. The van der Waals surface area contributed by atoms with Gasteiger partial charge in [0.05, 0.1) is 18.8 Å². The van der Waals surface area contributed by atoms with Gasteiger partial charge < -0.3 is 24.1 Å². The van der Waals surface area contributed by atoms with Crippen LogP contribution in [0.5, 0.6) is 0 Å². The van der Waals surface area contributed by atoms with E-state index in [1.165, 1.54) is 12.0 Å². The molecule has 4 rings (SSSR count). The Balaban J connectivity index is 1.49. The van der Waals surface area contributed by atoms with Crippen molar-refractivity contribution in [1.29, 1.82) is 0 Å². The van der Waals surface area contributed by atoms with E-state index in [0.29, 0.717) is 23.7 Å². The number of fused-ring (bicyclic) bond motifs is 1. The SMILES string of the molecule is CC#CCC(C)[C@@H](/C=C/[C@@H]1[C@H]2C/C(=C/CO)C[C@H]2C[C@H]1OC1CCCCO1)OC1CCCCO1. The maximum Gasteiger partial charge on any atom is 0.158 e. The Morgan fingerprint density at radius 2 is 1.85 bits per heavy atom. The van der Waals surface area contributed by atoms with Crippen molar-refractivity contribution in [3.05, 3.63) is 23.8 Å². The Labute approximate surface area is 206 Å². The molecule has 5 heteroatoms. The molecule has 1 N–H and O–H groups in total. The second-order valence-corrected chi connectivity index (χ2v) is 10.6. The third-order valence-corrected chi connectivity index (χ3v) is 8.06. The second-order valence-electron chi connectivity index (χ2n) is 10.6. The predicted molar refractivity (Wildman–Crippen MR) is 133 cm³/mol. The van der Waals surface area contributed by atoms with Gasteiger partial charge in [-0.1, -0.05) is 30.7 Å². The number of rotatable bonds is 9. The van der Waals surface area contributed by atoms with E-state index in [4.69, 9.17) is 18.9 Å². The first-order valence-electron chi connectivity index (χ1n) is 13.6. The molecule has 0 amide bonds. The van der Waals surface area contributed by atoms with Gasteiger partial charge in [-0.25, -0.2) is 0 Å². The van der Waals surface area contributed by atoms with Crippen molar-refractivity contribution in [1.82, 2.24) is 0 Å². The Hall–Kier alpha value is -1.16. The highest BCUT2D eigenvalue weighted by Gasteiger charge is 2.47. The molecular weight excluding hydrogens is 428 g/mol. The van der Waals surface area contributed by atoms with Crippen molar-refractivity contribution < 1.29 is 24.1 Å². The summed E-state index contributed by atoms with van der Waals surface area (Å²) in [4.78, 5) is 0. The lowest BCUT2D eigenvalue weighted by molar-refractivity contribution is -0.193. The predicted octanol–water partition coefficient (Wildman–Crippen LogP) is 5.38. The van der Waals surface area contributed by atoms with Crippen LogP contribution in [0.3, 0.4) is 0 Å². The molecule has 2 saturated carbocycles. The number of ether oxygens (including phenoxy) is 4. The summed E-state index contributed by atoms with van der Waals surface area (Å²) in [7, 11) is 0. The van der Waals surface area contributed by atoms with Gasteiger partial charge in [0.2, 0.25) is 0 Å². The van der Waals surface area contributed by atoms with E-state index >= 15 is 0 Å². The van der Waals surface area contributed by atoms with E-state index in [9.17, 15) is 5.11 Å². The third-order valence-electron chi connectivity index (χ3n) is 8.06. The molecular formula is C29H44O5. The number of hydrogen-bond donors (Lipinski definition) is 1. The number of aliphatic hydroxyl groups excluding tert-OH is 1. The van der Waals surface area contributed by atoms with Gasteiger partial charge in [-0.15, -0.1) is 11.8 Å². The van der Waals surface area contributed by atoms with Crippen LogP contribution in [0.15, 0.2) is 23.8 Å². The lowest BCUT2D eigenvalue weighted by atomic mass is 9.89. The maximum absolute atomic E-state index is 9.42. The first kappa shape index (κ1) is 25.9. The molecule has 5 nitrogen and oxygen atoms in total. The first-order chi connectivity index (χ1) is 16.7. The fraction of sp³-hybridized carbons (Fsp3) is 0.793. The van der Waals surface area contributed by atoms with Gasteiger partial charge in [0.15, 0.2) is 12.6 Å². The highest BCUT2D eigenvalue weighted by molar-refractivity contribution is 5.18. The summed E-state index contributed by atoms with van der Waals surface area (Å²) < 4.78 is 24.9. The fourth-order valence-electron chi connectivity index (χ4n) is 6.18. The molecule has 0 aromatic carbocycles. The van der Waals surface area contributed by atoms with Crippen molar-refractivity contribution in [2.24, 2.45) is 23.7 Å². The molecule has 4 aliphatic rings. The van der Waals surface area contributed by atoms with Gasteiger partial charge in [-0.3, -0.25) is 0 Å². The Morgan fingerprint density at radius 3 is 2.53 bits per heavy atom. The van der Waals surface area contributed by atoms with Crippen LogP contribution >= 0.6 is 0 Å². The average Bonchev–Trinajstić information content (AvgIpc) is 3.38. The van der Waals surface area contributed by atoms with E-state index in [-0.39, 0.29) is 31.4 Å². The Bertz CT molecular complexity index is 737. The Kier molecular flexibility index (Phi) is 10.1. The standard InChI is InChI=1S/C29H44O5/c1-3-4-9-21(2)26(33-28-10-5-7-16-31-28)13-12-24-25-19-22(14-15-30)18-23(25)20-27(24)34-29-11-6-8-17-32-29/h12-14,21,23-30H,5-11,15-20H2,1-2H3/b13-12+,22-14+/t21?,23-,24+,25-,26+,27+,28?,29?/m0/s1. The zero-order chi connectivity index (χ0) is 23.8. The maximum atomic E-state index is 9.42. The van der Waals surface area contributed by atoms with E-state index in [1.807, 2.05) is 13.0 Å². The zero-order valence-electron chi connectivity index (χ0n) is 21.1. The van der Waals surface area contributed by atoms with Crippen LogP contribution in [0.4, 0.5) is 0 Å². The Morgan fingerprint density at radius 1 is 1.09 bits per heavy atom. The van der Waals surface area contributed by atoms with Crippen molar-refractivity contribution >= 4 is 0 Å². The summed E-state index contributed by atoms with van der Waals surface area (Å²) in [6, 6.07) is 0. The lowest BCUT2D eigenvalue weighted by Gasteiger charge is -2.31. The molecule has 4 fully saturated rings. The number of aliphatic hydroxyl groups is 1. The van der Waals surface area contributed by atoms with E-state index in [0.717, 1.165) is 71.0 Å². The topological polar surface area (TPSA) is 57.2 Å². The molecule has 2 aliphatic carbocycles.